The number of phosphoric ester groups is 1. The summed E-state index contributed by atoms with van der Waals surface area (Å²) in [5, 5.41) is 60.1. The zero-order valence-corrected chi connectivity index (χ0v) is 37.9. The highest BCUT2D eigenvalue weighted by molar-refractivity contribution is 7.47. The summed E-state index contributed by atoms with van der Waals surface area (Å²) in [6.07, 6.45) is 29.5. The molecule has 0 amide bonds. The number of allylic oxidation sites excluding steroid dienone is 12. The van der Waals surface area contributed by atoms with Crippen LogP contribution in [0.2, 0.25) is 0 Å². The lowest BCUT2D eigenvalue weighted by Gasteiger charge is -2.41. The summed E-state index contributed by atoms with van der Waals surface area (Å²) in [4.78, 5) is 35.6. The molecule has 1 aliphatic rings. The van der Waals surface area contributed by atoms with Gasteiger partial charge in [-0.1, -0.05) is 131 Å². The van der Waals surface area contributed by atoms with E-state index in [1.165, 1.54) is 19.3 Å². The highest BCUT2D eigenvalue weighted by Gasteiger charge is 2.51. The Bertz CT molecular complexity index is 1420. The van der Waals surface area contributed by atoms with E-state index in [9.17, 15) is 49.7 Å². The van der Waals surface area contributed by atoms with Gasteiger partial charge in [-0.3, -0.25) is 18.6 Å². The van der Waals surface area contributed by atoms with Gasteiger partial charge < -0.3 is 45.0 Å². The van der Waals surface area contributed by atoms with Crippen LogP contribution in [0.15, 0.2) is 85.1 Å². The fraction of sp³-hybridized carbons (Fsp3) is 0.660. The molecule has 0 aromatic rings. The van der Waals surface area contributed by atoms with Crippen molar-refractivity contribution < 1.29 is 68.2 Å². The van der Waals surface area contributed by atoms with Crippen molar-refractivity contribution in [3.8, 4) is 0 Å². The maximum Gasteiger partial charge on any atom is 0.472 e. The van der Waals surface area contributed by atoms with E-state index >= 15 is 0 Å². The van der Waals surface area contributed by atoms with E-state index in [2.05, 4.69) is 50.3 Å². The van der Waals surface area contributed by atoms with E-state index in [0.717, 1.165) is 57.8 Å². The van der Waals surface area contributed by atoms with Crippen LogP contribution in [0.5, 0.6) is 0 Å². The molecule has 0 saturated heterocycles. The number of aliphatic hydroxyl groups is 6. The Kier molecular flexibility index (Phi) is 33.4. The summed E-state index contributed by atoms with van der Waals surface area (Å²) >= 11 is 0. The standard InChI is InChI=1S/C47H77O14P/c1-3-5-7-9-11-12-13-14-15-16-17-18-22-26-30-34-40(49)58-36-39(37-59-62(56,57)61-47-45(54)43(52)42(51)44(53)46(47)55)60-41(50)35-31-27-23-20-19-21-25-29-33-38(48)32-28-24-10-8-6-4-2/h6,8,11-12,14-15,20-21,23-25,28-29,33,38-39,42-48,51-55H,3-5,7,9-10,13,16-19,22,26-27,30-32,34-37H2,1-2H3,(H,56,57)/b8-6-,12-11-,15-14-,23-20-,25-21-,28-24-,33-29+/t38?,39-,42?,43-,44+,45-,46-,47?/m1/s1. The molecule has 0 radical (unpaired) electrons. The maximum absolute atomic E-state index is 12.8. The van der Waals surface area contributed by atoms with Crippen LogP contribution in [0.4, 0.5) is 0 Å². The average molecular weight is 897 g/mol. The highest BCUT2D eigenvalue weighted by atomic mass is 31.2. The van der Waals surface area contributed by atoms with Gasteiger partial charge in [0.2, 0.25) is 0 Å². The van der Waals surface area contributed by atoms with Gasteiger partial charge in [0.1, 0.15) is 43.2 Å². The molecular formula is C47H77O14P. The molecular weight excluding hydrogens is 819 g/mol. The van der Waals surface area contributed by atoms with Crippen molar-refractivity contribution in [2.24, 2.45) is 0 Å². The molecule has 0 heterocycles. The van der Waals surface area contributed by atoms with E-state index in [0.29, 0.717) is 32.1 Å². The fourth-order valence-corrected chi connectivity index (χ4v) is 7.11. The second-order valence-corrected chi connectivity index (χ2v) is 16.8. The number of hydrogen-bond donors (Lipinski definition) is 7. The van der Waals surface area contributed by atoms with Gasteiger partial charge in [0.15, 0.2) is 6.10 Å². The van der Waals surface area contributed by atoms with E-state index in [1.807, 2.05) is 36.5 Å². The van der Waals surface area contributed by atoms with Crippen LogP contribution in [0.3, 0.4) is 0 Å². The van der Waals surface area contributed by atoms with Gasteiger partial charge in [-0.25, -0.2) is 4.57 Å². The molecule has 0 aromatic carbocycles. The lowest BCUT2D eigenvalue weighted by molar-refractivity contribution is -0.220. The number of esters is 2. The third-order valence-electron chi connectivity index (χ3n) is 9.80. The molecule has 0 aromatic heterocycles. The Morgan fingerprint density at radius 1 is 0.597 bits per heavy atom. The van der Waals surface area contributed by atoms with Crippen LogP contribution in [0, 0.1) is 0 Å². The Balaban J connectivity index is 2.57. The number of carbonyl (C=O) groups excluding carboxylic acids is 2. The Hall–Kier alpha value is -3.01. The van der Waals surface area contributed by atoms with Crippen LogP contribution < -0.4 is 0 Å². The summed E-state index contributed by atoms with van der Waals surface area (Å²) in [6, 6.07) is 0. The molecule has 0 bridgehead atoms. The highest BCUT2D eigenvalue weighted by Crippen LogP contribution is 2.47. The van der Waals surface area contributed by atoms with Crippen molar-refractivity contribution in [1.29, 1.82) is 0 Å². The van der Waals surface area contributed by atoms with Crippen molar-refractivity contribution in [2.45, 2.75) is 185 Å². The fourth-order valence-electron chi connectivity index (χ4n) is 6.14. The van der Waals surface area contributed by atoms with Crippen LogP contribution in [0.25, 0.3) is 0 Å². The van der Waals surface area contributed by atoms with Gasteiger partial charge >= 0.3 is 19.8 Å². The molecule has 1 rings (SSSR count). The van der Waals surface area contributed by atoms with Crippen molar-refractivity contribution in [2.75, 3.05) is 13.2 Å². The number of unbranched alkanes of at least 4 members (excludes halogenated alkanes) is 9. The van der Waals surface area contributed by atoms with Crippen LogP contribution >= 0.6 is 7.82 Å². The summed E-state index contributed by atoms with van der Waals surface area (Å²) in [7, 11) is -5.16. The first kappa shape index (κ1) is 57.0. The topological polar surface area (TPSA) is 230 Å². The second-order valence-electron chi connectivity index (χ2n) is 15.4. The lowest BCUT2D eigenvalue weighted by atomic mass is 9.85. The van der Waals surface area contributed by atoms with Gasteiger partial charge in [0, 0.05) is 12.8 Å². The minimum absolute atomic E-state index is 0.0214. The zero-order valence-electron chi connectivity index (χ0n) is 37.0. The van der Waals surface area contributed by atoms with Gasteiger partial charge in [0.25, 0.3) is 0 Å². The SMILES string of the molecule is CC/C=C\C/C=C\CC(O)/C=C/C=C\C/C=C\CCCC(=O)O[C@H](COC(=O)CCCCCCC/C=C\C/C=C\CCCCC)COP(=O)(O)OC1[C@H](O)[C@H](O)C(O)[C@H](O)[C@H]1O. The summed E-state index contributed by atoms with van der Waals surface area (Å²) in [5.74, 6) is -1.23. The molecule has 9 atom stereocenters. The largest absolute Gasteiger partial charge is 0.472 e. The molecule has 14 nitrogen and oxygen atoms in total. The third-order valence-corrected chi connectivity index (χ3v) is 10.8. The third kappa shape index (κ3) is 28.6. The predicted molar refractivity (Wildman–Crippen MR) is 241 cm³/mol. The van der Waals surface area contributed by atoms with Crippen molar-refractivity contribution in [3.63, 3.8) is 0 Å². The maximum atomic E-state index is 12.8. The number of rotatable bonds is 35. The van der Waals surface area contributed by atoms with Gasteiger partial charge in [-0.15, -0.1) is 0 Å². The van der Waals surface area contributed by atoms with Crippen molar-refractivity contribution >= 4 is 19.8 Å². The number of ether oxygens (including phenoxy) is 2. The summed E-state index contributed by atoms with van der Waals surface area (Å²) in [6.45, 7) is 3.00. The average Bonchev–Trinajstić information content (AvgIpc) is 3.25. The van der Waals surface area contributed by atoms with Gasteiger partial charge in [0.05, 0.1) is 12.7 Å². The van der Waals surface area contributed by atoms with E-state index in [4.69, 9.17) is 18.5 Å². The normalized spacial score (nSPS) is 23.2. The smallest absolute Gasteiger partial charge is 0.462 e. The number of aliphatic hydroxyl groups excluding tert-OH is 6. The molecule has 4 unspecified atom stereocenters. The zero-order chi connectivity index (χ0) is 45.9. The quantitative estimate of drug-likeness (QED) is 0.0108. The van der Waals surface area contributed by atoms with Gasteiger partial charge in [-0.05, 0) is 77.0 Å². The van der Waals surface area contributed by atoms with E-state index in [-0.39, 0.29) is 12.8 Å². The molecule has 7 N–H and O–H groups in total. The molecule has 15 heteroatoms. The molecule has 354 valence electrons. The lowest BCUT2D eigenvalue weighted by Crippen LogP contribution is -2.64. The number of carbonyl (C=O) groups is 2. The molecule has 62 heavy (non-hydrogen) atoms. The van der Waals surface area contributed by atoms with E-state index < -0.39 is 81.8 Å². The summed E-state index contributed by atoms with van der Waals surface area (Å²) in [5.41, 5.74) is 0. The number of hydrogen-bond acceptors (Lipinski definition) is 13. The predicted octanol–water partition coefficient (Wildman–Crippen LogP) is 7.47. The molecule has 0 aliphatic heterocycles. The first-order valence-electron chi connectivity index (χ1n) is 22.5. The van der Waals surface area contributed by atoms with Crippen molar-refractivity contribution in [1.82, 2.24) is 0 Å². The Morgan fingerprint density at radius 3 is 1.77 bits per heavy atom. The van der Waals surface area contributed by atoms with E-state index in [1.54, 1.807) is 12.2 Å². The molecule has 1 aliphatic carbocycles. The minimum atomic E-state index is -5.16. The summed E-state index contributed by atoms with van der Waals surface area (Å²) < 4.78 is 33.4. The molecule has 1 saturated carbocycles. The first-order valence-corrected chi connectivity index (χ1v) is 24.0. The Morgan fingerprint density at radius 2 is 1.13 bits per heavy atom. The van der Waals surface area contributed by atoms with Crippen molar-refractivity contribution in [3.05, 3.63) is 85.1 Å². The van der Waals surface area contributed by atoms with Gasteiger partial charge in [-0.2, -0.15) is 0 Å². The van der Waals surface area contributed by atoms with Crippen LogP contribution in [-0.4, -0.2) is 110 Å². The molecule has 1 fully saturated rings. The monoisotopic (exact) mass is 897 g/mol. The van der Waals surface area contributed by atoms with Crippen LogP contribution in [-0.2, 0) is 32.7 Å². The Labute approximate surface area is 370 Å². The first-order chi connectivity index (χ1) is 29.8. The minimum Gasteiger partial charge on any atom is -0.462 e. The molecule has 0 spiro atoms. The number of phosphoric acid groups is 1. The second kappa shape index (κ2) is 36.3. The van der Waals surface area contributed by atoms with Crippen LogP contribution in [0.1, 0.15) is 136 Å².